The van der Waals surface area contributed by atoms with E-state index in [0.717, 1.165) is 29.3 Å². The number of hydrogen-bond donors (Lipinski definition) is 1. The third-order valence-electron chi connectivity index (χ3n) is 6.19. The highest BCUT2D eigenvalue weighted by Crippen LogP contribution is 2.32. The highest BCUT2D eigenvalue weighted by atomic mass is 35.5. The smallest absolute Gasteiger partial charge is 0.298 e. The minimum absolute atomic E-state index is 0.0174. The molecule has 1 unspecified atom stereocenters. The zero-order chi connectivity index (χ0) is 25.1. The van der Waals surface area contributed by atoms with Crippen molar-refractivity contribution in [1.82, 2.24) is 24.6 Å². The van der Waals surface area contributed by atoms with Crippen molar-refractivity contribution in [1.29, 1.82) is 0 Å². The molecule has 4 aromatic rings. The number of carbonyl (C=O) groups is 2. The van der Waals surface area contributed by atoms with Crippen molar-refractivity contribution in [2.45, 2.75) is 32.4 Å². The SMILES string of the molecule is CC#CC(=O)N1CCCC1Cn1nc(-c2ccc(C(=O)Nc3ccccn3)cc2)c2cncc(Cl)c21. The third kappa shape index (κ3) is 4.66. The Morgan fingerprint density at radius 3 is 2.75 bits per heavy atom. The van der Waals surface area contributed by atoms with Crippen molar-refractivity contribution in [2.75, 3.05) is 11.9 Å². The van der Waals surface area contributed by atoms with Gasteiger partial charge in [0.25, 0.3) is 11.8 Å². The molecule has 2 amide bonds. The van der Waals surface area contributed by atoms with Crippen LogP contribution in [-0.4, -0.2) is 49.0 Å². The molecule has 1 N–H and O–H groups in total. The molecule has 1 aliphatic rings. The number of nitrogens with one attached hydrogen (secondary N) is 1. The number of halogens is 1. The topological polar surface area (TPSA) is 93.0 Å². The number of benzene rings is 1. The maximum absolute atomic E-state index is 12.6. The van der Waals surface area contributed by atoms with Crippen molar-refractivity contribution in [3.8, 4) is 23.1 Å². The molecule has 0 radical (unpaired) electrons. The molecule has 5 rings (SSSR count). The number of nitrogens with zero attached hydrogens (tertiary/aromatic N) is 5. The summed E-state index contributed by atoms with van der Waals surface area (Å²) in [7, 11) is 0. The second-order valence-electron chi connectivity index (χ2n) is 8.46. The lowest BCUT2D eigenvalue weighted by atomic mass is 10.1. The number of rotatable bonds is 5. The van der Waals surface area contributed by atoms with Crippen LogP contribution in [0.1, 0.15) is 30.1 Å². The fourth-order valence-corrected chi connectivity index (χ4v) is 4.77. The predicted molar refractivity (Wildman–Crippen MR) is 138 cm³/mol. The molecule has 0 aliphatic carbocycles. The Hall–Kier alpha value is -4.22. The average Bonchev–Trinajstić information content (AvgIpc) is 3.51. The van der Waals surface area contributed by atoms with E-state index in [9.17, 15) is 9.59 Å². The van der Waals surface area contributed by atoms with Gasteiger partial charge in [-0.1, -0.05) is 35.7 Å². The van der Waals surface area contributed by atoms with Gasteiger partial charge in [0.05, 0.1) is 23.1 Å². The Balaban J connectivity index is 1.44. The van der Waals surface area contributed by atoms with Crippen LogP contribution < -0.4 is 5.32 Å². The van der Waals surface area contributed by atoms with E-state index >= 15 is 0 Å². The van der Waals surface area contributed by atoms with E-state index in [2.05, 4.69) is 27.1 Å². The minimum atomic E-state index is -0.249. The molecular weight excluding hydrogens is 476 g/mol. The number of amides is 2. The highest BCUT2D eigenvalue weighted by molar-refractivity contribution is 6.35. The molecule has 4 heterocycles. The van der Waals surface area contributed by atoms with Gasteiger partial charge in [0, 0.05) is 41.6 Å². The molecule has 1 aliphatic heterocycles. The second kappa shape index (κ2) is 10.2. The van der Waals surface area contributed by atoms with E-state index in [-0.39, 0.29) is 17.9 Å². The molecule has 9 heteroatoms. The summed E-state index contributed by atoms with van der Waals surface area (Å²) in [5.74, 6) is 5.42. The number of likely N-dealkylation sites (tertiary alicyclic amines) is 1. The number of pyridine rings is 2. The van der Waals surface area contributed by atoms with E-state index < -0.39 is 0 Å². The van der Waals surface area contributed by atoms with E-state index in [4.69, 9.17) is 16.7 Å². The van der Waals surface area contributed by atoms with Crippen LogP contribution in [0.5, 0.6) is 0 Å². The van der Waals surface area contributed by atoms with Gasteiger partial charge in [-0.05, 0) is 50.0 Å². The molecular formula is C27H23ClN6O2. The maximum Gasteiger partial charge on any atom is 0.298 e. The number of aromatic nitrogens is 4. The Morgan fingerprint density at radius 1 is 1.17 bits per heavy atom. The third-order valence-corrected chi connectivity index (χ3v) is 6.46. The first-order valence-corrected chi connectivity index (χ1v) is 12.0. The fourth-order valence-electron chi connectivity index (χ4n) is 4.51. The Labute approximate surface area is 213 Å². The lowest BCUT2D eigenvalue weighted by Crippen LogP contribution is -2.37. The Bertz CT molecular complexity index is 1490. The van der Waals surface area contributed by atoms with Crippen molar-refractivity contribution in [2.24, 2.45) is 0 Å². The fraction of sp³-hybridized carbons (Fsp3) is 0.222. The van der Waals surface area contributed by atoms with Gasteiger partial charge in [-0.15, -0.1) is 0 Å². The number of anilines is 1. The summed E-state index contributed by atoms with van der Waals surface area (Å²) < 4.78 is 1.85. The van der Waals surface area contributed by atoms with E-state index in [1.807, 2.05) is 27.8 Å². The minimum Gasteiger partial charge on any atom is -0.327 e. The molecule has 1 fully saturated rings. The molecule has 1 aromatic carbocycles. The monoisotopic (exact) mass is 498 g/mol. The van der Waals surface area contributed by atoms with Crippen LogP contribution in [0, 0.1) is 11.8 Å². The molecule has 180 valence electrons. The van der Waals surface area contributed by atoms with Crippen LogP contribution in [0.3, 0.4) is 0 Å². The lowest BCUT2D eigenvalue weighted by molar-refractivity contribution is -0.126. The normalized spacial score (nSPS) is 14.9. The Morgan fingerprint density at radius 2 is 2.00 bits per heavy atom. The summed E-state index contributed by atoms with van der Waals surface area (Å²) in [5, 5.41) is 8.95. The molecule has 1 atom stereocenters. The number of carbonyl (C=O) groups excluding carboxylic acids is 2. The van der Waals surface area contributed by atoms with Crippen LogP contribution in [0.2, 0.25) is 5.02 Å². The van der Waals surface area contributed by atoms with Gasteiger partial charge < -0.3 is 10.2 Å². The van der Waals surface area contributed by atoms with E-state index in [1.165, 1.54) is 0 Å². The van der Waals surface area contributed by atoms with Crippen molar-refractivity contribution in [3.05, 3.63) is 71.6 Å². The molecule has 8 nitrogen and oxygen atoms in total. The first-order chi connectivity index (χ1) is 17.5. The van der Waals surface area contributed by atoms with Crippen LogP contribution >= 0.6 is 11.6 Å². The number of fused-ring (bicyclic) bond motifs is 1. The second-order valence-corrected chi connectivity index (χ2v) is 8.87. The van der Waals surface area contributed by atoms with Gasteiger partial charge in [0.2, 0.25) is 0 Å². The van der Waals surface area contributed by atoms with Gasteiger partial charge in [0.15, 0.2) is 0 Å². The van der Waals surface area contributed by atoms with Crippen molar-refractivity contribution >= 4 is 40.1 Å². The predicted octanol–water partition coefficient (Wildman–Crippen LogP) is 4.41. The van der Waals surface area contributed by atoms with E-state index in [0.29, 0.717) is 35.2 Å². The molecule has 0 bridgehead atoms. The summed E-state index contributed by atoms with van der Waals surface area (Å²) in [5.41, 5.74) is 2.80. The largest absolute Gasteiger partial charge is 0.327 e. The maximum atomic E-state index is 12.6. The highest BCUT2D eigenvalue weighted by Gasteiger charge is 2.29. The lowest BCUT2D eigenvalue weighted by Gasteiger charge is -2.22. The van der Waals surface area contributed by atoms with Crippen molar-refractivity contribution < 1.29 is 9.59 Å². The zero-order valence-corrected chi connectivity index (χ0v) is 20.4. The standard InChI is InChI=1S/C27H23ClN6O2/c1-2-6-24(35)33-14-5-7-20(33)17-34-26-21(15-29-16-22(26)28)25(32-34)18-9-11-19(12-10-18)27(36)31-23-8-3-4-13-30-23/h3-4,8-13,15-16,20H,5,7,14,17H2,1H3,(H,30,31,36). The molecule has 3 aromatic heterocycles. The first-order valence-electron chi connectivity index (χ1n) is 11.6. The molecule has 1 saturated heterocycles. The van der Waals surface area contributed by atoms with Crippen LogP contribution in [0.25, 0.3) is 22.2 Å². The quantitative estimate of drug-likeness (QED) is 0.411. The molecule has 0 spiro atoms. The average molecular weight is 499 g/mol. The summed E-state index contributed by atoms with van der Waals surface area (Å²) in [6, 6.07) is 12.5. The van der Waals surface area contributed by atoms with Gasteiger partial charge in [-0.3, -0.25) is 19.3 Å². The molecule has 36 heavy (non-hydrogen) atoms. The van der Waals surface area contributed by atoms with Crippen LogP contribution in [0.15, 0.2) is 61.1 Å². The molecule has 0 saturated carbocycles. The summed E-state index contributed by atoms with van der Waals surface area (Å²) in [6.45, 7) is 2.85. The van der Waals surface area contributed by atoms with Gasteiger partial charge >= 0.3 is 0 Å². The van der Waals surface area contributed by atoms with Crippen LogP contribution in [0.4, 0.5) is 5.82 Å². The summed E-state index contributed by atoms with van der Waals surface area (Å²) >= 11 is 6.56. The van der Waals surface area contributed by atoms with E-state index in [1.54, 1.807) is 49.8 Å². The summed E-state index contributed by atoms with van der Waals surface area (Å²) in [4.78, 5) is 35.3. The van der Waals surface area contributed by atoms with Crippen molar-refractivity contribution in [3.63, 3.8) is 0 Å². The van der Waals surface area contributed by atoms with Gasteiger partial charge in [0.1, 0.15) is 11.5 Å². The van der Waals surface area contributed by atoms with Crippen LogP contribution in [-0.2, 0) is 11.3 Å². The zero-order valence-electron chi connectivity index (χ0n) is 19.6. The Kier molecular flexibility index (Phi) is 6.65. The van der Waals surface area contributed by atoms with Gasteiger partial charge in [-0.25, -0.2) is 4.98 Å². The first kappa shape index (κ1) is 23.5. The summed E-state index contributed by atoms with van der Waals surface area (Å²) in [6.07, 6.45) is 6.75. The number of hydrogen-bond acceptors (Lipinski definition) is 5. The van der Waals surface area contributed by atoms with Gasteiger partial charge in [-0.2, -0.15) is 5.10 Å².